The number of carbonyl (C=O) groups is 1. The van der Waals surface area contributed by atoms with Crippen LogP contribution in [0.25, 0.3) is 0 Å². The third-order valence-corrected chi connectivity index (χ3v) is 3.02. The average Bonchev–Trinajstić information content (AvgIpc) is 2.38. The van der Waals surface area contributed by atoms with E-state index in [0.29, 0.717) is 10.7 Å². The second-order valence-corrected chi connectivity index (χ2v) is 4.57. The standard InChI is InChI=1S/C14H11ClF2N2O/c1-8-6-10(3-4-11(8)15)18-14(20)19-13-7-9(16)2-5-12(13)17/h2-7H,1H3,(H2,18,19,20). The zero-order valence-electron chi connectivity index (χ0n) is 10.5. The normalized spacial score (nSPS) is 10.2. The van der Waals surface area contributed by atoms with Gasteiger partial charge in [0.05, 0.1) is 5.69 Å². The molecule has 6 heteroatoms. The molecular weight excluding hydrogens is 286 g/mol. The highest BCUT2D eigenvalue weighted by molar-refractivity contribution is 6.31. The molecule has 0 aliphatic heterocycles. The summed E-state index contributed by atoms with van der Waals surface area (Å²) in [5.74, 6) is -1.35. The van der Waals surface area contributed by atoms with Crippen LogP contribution in [0.3, 0.4) is 0 Å². The van der Waals surface area contributed by atoms with Gasteiger partial charge in [0.2, 0.25) is 0 Å². The number of amides is 2. The van der Waals surface area contributed by atoms with Crippen LogP contribution in [0.4, 0.5) is 25.0 Å². The number of benzene rings is 2. The molecule has 2 aromatic rings. The zero-order chi connectivity index (χ0) is 14.7. The summed E-state index contributed by atoms with van der Waals surface area (Å²) < 4.78 is 26.3. The molecule has 0 spiro atoms. The molecule has 0 fully saturated rings. The van der Waals surface area contributed by atoms with E-state index in [1.54, 1.807) is 25.1 Å². The lowest BCUT2D eigenvalue weighted by Crippen LogP contribution is -2.20. The van der Waals surface area contributed by atoms with Crippen molar-refractivity contribution >= 4 is 29.0 Å². The van der Waals surface area contributed by atoms with Crippen LogP contribution in [-0.4, -0.2) is 6.03 Å². The topological polar surface area (TPSA) is 41.1 Å². The molecule has 2 N–H and O–H groups in total. The van der Waals surface area contributed by atoms with Crippen LogP contribution < -0.4 is 10.6 Å². The molecule has 104 valence electrons. The number of hydrogen-bond donors (Lipinski definition) is 2. The first-order chi connectivity index (χ1) is 9.45. The number of halogens is 3. The summed E-state index contributed by atoms with van der Waals surface area (Å²) in [7, 11) is 0. The van der Waals surface area contributed by atoms with Gasteiger partial charge >= 0.3 is 6.03 Å². The first-order valence-corrected chi connectivity index (χ1v) is 6.13. The fourth-order valence-electron chi connectivity index (χ4n) is 1.60. The fourth-order valence-corrected chi connectivity index (χ4v) is 1.72. The largest absolute Gasteiger partial charge is 0.323 e. The van der Waals surface area contributed by atoms with E-state index in [4.69, 9.17) is 11.6 Å². The molecule has 0 heterocycles. The van der Waals surface area contributed by atoms with Gasteiger partial charge in [-0.3, -0.25) is 0 Å². The van der Waals surface area contributed by atoms with Crippen molar-refractivity contribution in [2.45, 2.75) is 6.92 Å². The van der Waals surface area contributed by atoms with Crippen LogP contribution in [0.15, 0.2) is 36.4 Å². The number of carbonyl (C=O) groups excluding carboxylic acids is 1. The maximum Gasteiger partial charge on any atom is 0.323 e. The predicted molar refractivity (Wildman–Crippen MR) is 75.2 cm³/mol. The van der Waals surface area contributed by atoms with Gasteiger partial charge in [0, 0.05) is 16.8 Å². The van der Waals surface area contributed by atoms with E-state index in [-0.39, 0.29) is 5.69 Å². The Labute approximate surface area is 119 Å². The van der Waals surface area contributed by atoms with Gasteiger partial charge in [-0.2, -0.15) is 0 Å². The second kappa shape index (κ2) is 5.88. The number of urea groups is 1. The van der Waals surface area contributed by atoms with E-state index in [1.807, 2.05) is 0 Å². The SMILES string of the molecule is Cc1cc(NC(=O)Nc2cc(F)ccc2F)ccc1Cl. The summed E-state index contributed by atoms with van der Waals surface area (Å²) >= 11 is 5.87. The molecule has 0 saturated carbocycles. The van der Waals surface area contributed by atoms with Gasteiger partial charge < -0.3 is 10.6 Å². The Bertz CT molecular complexity index is 662. The Morgan fingerprint density at radius 2 is 1.85 bits per heavy atom. The molecule has 0 atom stereocenters. The molecule has 0 saturated heterocycles. The van der Waals surface area contributed by atoms with Crippen LogP contribution in [0, 0.1) is 18.6 Å². The van der Waals surface area contributed by atoms with Gasteiger partial charge in [0.1, 0.15) is 11.6 Å². The minimum absolute atomic E-state index is 0.229. The van der Waals surface area contributed by atoms with Crippen molar-refractivity contribution in [3.8, 4) is 0 Å². The maximum absolute atomic E-state index is 13.4. The fraction of sp³-hybridized carbons (Fsp3) is 0.0714. The van der Waals surface area contributed by atoms with Gasteiger partial charge in [-0.25, -0.2) is 13.6 Å². The van der Waals surface area contributed by atoms with Gasteiger partial charge in [-0.15, -0.1) is 0 Å². The summed E-state index contributed by atoms with van der Waals surface area (Å²) in [4.78, 5) is 11.7. The average molecular weight is 297 g/mol. The Morgan fingerprint density at radius 1 is 1.10 bits per heavy atom. The molecule has 0 aliphatic rings. The molecule has 0 bridgehead atoms. The highest BCUT2D eigenvalue weighted by Gasteiger charge is 2.08. The van der Waals surface area contributed by atoms with Crippen LogP contribution in [0.1, 0.15) is 5.56 Å². The summed E-state index contributed by atoms with van der Waals surface area (Å²) in [6.07, 6.45) is 0. The summed E-state index contributed by atoms with van der Waals surface area (Å²) in [6, 6.07) is 7.06. The predicted octanol–water partition coefficient (Wildman–Crippen LogP) is 4.57. The zero-order valence-corrected chi connectivity index (χ0v) is 11.3. The van der Waals surface area contributed by atoms with Crippen LogP contribution >= 0.6 is 11.6 Å². The first-order valence-electron chi connectivity index (χ1n) is 5.75. The Hall–Kier alpha value is -2.14. The maximum atomic E-state index is 13.4. The van der Waals surface area contributed by atoms with E-state index in [9.17, 15) is 13.6 Å². The number of rotatable bonds is 2. The molecule has 3 nitrogen and oxygen atoms in total. The number of aryl methyl sites for hydroxylation is 1. The first kappa shape index (κ1) is 14.3. The van der Waals surface area contributed by atoms with E-state index < -0.39 is 17.7 Å². The second-order valence-electron chi connectivity index (χ2n) is 4.17. The van der Waals surface area contributed by atoms with Crippen LogP contribution in [0.2, 0.25) is 5.02 Å². The van der Waals surface area contributed by atoms with E-state index in [1.165, 1.54) is 0 Å². The summed E-state index contributed by atoms with van der Waals surface area (Å²) in [5, 5.41) is 5.32. The minimum atomic E-state index is -0.714. The van der Waals surface area contributed by atoms with Crippen LogP contribution in [0.5, 0.6) is 0 Å². The van der Waals surface area contributed by atoms with Crippen molar-refractivity contribution < 1.29 is 13.6 Å². The Balaban J connectivity index is 2.09. The molecule has 2 aromatic carbocycles. The lowest BCUT2D eigenvalue weighted by atomic mass is 10.2. The molecule has 0 unspecified atom stereocenters. The number of hydrogen-bond acceptors (Lipinski definition) is 1. The van der Waals surface area contributed by atoms with Crippen molar-refractivity contribution in [2.75, 3.05) is 10.6 Å². The van der Waals surface area contributed by atoms with E-state index in [0.717, 1.165) is 23.8 Å². The van der Waals surface area contributed by atoms with Crippen LogP contribution in [-0.2, 0) is 0 Å². The number of anilines is 2. The lowest BCUT2D eigenvalue weighted by molar-refractivity contribution is 0.262. The molecule has 2 rings (SSSR count). The van der Waals surface area contributed by atoms with Crippen molar-refractivity contribution in [1.82, 2.24) is 0 Å². The molecule has 0 radical (unpaired) electrons. The quantitative estimate of drug-likeness (QED) is 0.837. The van der Waals surface area contributed by atoms with Gasteiger partial charge in [0.15, 0.2) is 0 Å². The summed E-state index contributed by atoms with van der Waals surface area (Å²) in [6.45, 7) is 1.79. The number of nitrogens with one attached hydrogen (secondary N) is 2. The van der Waals surface area contributed by atoms with Crippen molar-refractivity contribution in [3.05, 3.63) is 58.6 Å². The minimum Gasteiger partial charge on any atom is -0.308 e. The van der Waals surface area contributed by atoms with Gasteiger partial charge in [-0.05, 0) is 42.8 Å². The lowest BCUT2D eigenvalue weighted by Gasteiger charge is -2.09. The highest BCUT2D eigenvalue weighted by Crippen LogP contribution is 2.20. The van der Waals surface area contributed by atoms with E-state index in [2.05, 4.69) is 10.6 Å². The van der Waals surface area contributed by atoms with Crippen molar-refractivity contribution in [2.24, 2.45) is 0 Å². The smallest absolute Gasteiger partial charge is 0.308 e. The molecule has 20 heavy (non-hydrogen) atoms. The van der Waals surface area contributed by atoms with Gasteiger partial charge in [-0.1, -0.05) is 11.6 Å². The molecule has 0 aliphatic carbocycles. The monoisotopic (exact) mass is 296 g/mol. The highest BCUT2D eigenvalue weighted by atomic mass is 35.5. The third kappa shape index (κ3) is 3.45. The summed E-state index contributed by atoms with van der Waals surface area (Å²) in [5.41, 5.74) is 1.07. The van der Waals surface area contributed by atoms with Crippen molar-refractivity contribution in [1.29, 1.82) is 0 Å². The van der Waals surface area contributed by atoms with Crippen molar-refractivity contribution in [3.63, 3.8) is 0 Å². The van der Waals surface area contributed by atoms with E-state index >= 15 is 0 Å². The molecule has 2 amide bonds. The third-order valence-electron chi connectivity index (χ3n) is 2.59. The van der Waals surface area contributed by atoms with Gasteiger partial charge in [0.25, 0.3) is 0 Å². The Morgan fingerprint density at radius 3 is 2.55 bits per heavy atom. The molecule has 0 aromatic heterocycles. The molecular formula is C14H11ClF2N2O. The Kier molecular flexibility index (Phi) is 4.20.